The van der Waals surface area contributed by atoms with Gasteiger partial charge in [0.25, 0.3) is 0 Å². The van der Waals surface area contributed by atoms with Gasteiger partial charge in [-0.3, -0.25) is 4.79 Å². The summed E-state index contributed by atoms with van der Waals surface area (Å²) in [4.78, 5) is 11.9. The molecule has 0 aliphatic carbocycles. The second kappa shape index (κ2) is 8.62. The van der Waals surface area contributed by atoms with Crippen LogP contribution in [0.3, 0.4) is 0 Å². The van der Waals surface area contributed by atoms with Crippen LogP contribution in [0.4, 0.5) is 4.39 Å². The minimum Gasteiger partial charge on any atom is -0.496 e. The molecule has 0 aliphatic rings. The molecule has 0 bridgehead atoms. The maximum Gasteiger partial charge on any atom is 0.221 e. The van der Waals surface area contributed by atoms with Crippen LogP contribution in [0.15, 0.2) is 48.5 Å². The van der Waals surface area contributed by atoms with Crippen LogP contribution < -0.4 is 10.1 Å². The van der Waals surface area contributed by atoms with Crippen molar-refractivity contribution in [1.82, 2.24) is 5.32 Å². The van der Waals surface area contributed by atoms with Crippen molar-refractivity contribution in [2.75, 3.05) is 12.9 Å². The maximum absolute atomic E-state index is 13.1. The first kappa shape index (κ1) is 18.9. The number of halogens is 1. The third-order valence-electron chi connectivity index (χ3n) is 3.58. The summed E-state index contributed by atoms with van der Waals surface area (Å²) in [5, 5.41) is 2.68. The van der Waals surface area contributed by atoms with Gasteiger partial charge < -0.3 is 10.1 Å². The highest BCUT2D eigenvalue weighted by Gasteiger charge is 2.15. The van der Waals surface area contributed by atoms with Gasteiger partial charge in [-0.2, -0.15) is 0 Å². The zero-order valence-electron chi connectivity index (χ0n) is 13.9. The Balaban J connectivity index is 1.84. The number of methoxy groups -OCH3 is 1. The molecule has 7 heteroatoms. The van der Waals surface area contributed by atoms with E-state index >= 15 is 0 Å². The maximum atomic E-state index is 13.1. The standard InChI is InChI=1S/C18H20FNO4S/c1-24-17-8-3-2-6-15(17)12-20-18(21)9-10-25(22,23)13-14-5-4-7-16(19)11-14/h2-8,11H,9-10,12-13H2,1H3,(H,20,21). The Bertz CT molecular complexity index is 836. The highest BCUT2D eigenvalue weighted by molar-refractivity contribution is 7.90. The highest BCUT2D eigenvalue weighted by Crippen LogP contribution is 2.16. The Kier molecular flexibility index (Phi) is 6.52. The molecule has 0 unspecified atom stereocenters. The lowest BCUT2D eigenvalue weighted by atomic mass is 10.2. The number of sulfone groups is 1. The van der Waals surface area contributed by atoms with Gasteiger partial charge in [-0.05, 0) is 23.8 Å². The van der Waals surface area contributed by atoms with E-state index in [9.17, 15) is 17.6 Å². The lowest BCUT2D eigenvalue weighted by Crippen LogP contribution is -2.25. The Morgan fingerprint density at radius 2 is 1.92 bits per heavy atom. The molecule has 0 spiro atoms. The van der Waals surface area contributed by atoms with Crippen molar-refractivity contribution in [3.05, 3.63) is 65.5 Å². The minimum absolute atomic E-state index is 0.146. The fourth-order valence-electron chi connectivity index (χ4n) is 2.33. The fourth-order valence-corrected chi connectivity index (χ4v) is 3.66. The summed E-state index contributed by atoms with van der Waals surface area (Å²) < 4.78 is 42.4. The molecule has 2 aromatic rings. The number of amides is 1. The van der Waals surface area contributed by atoms with Crippen molar-refractivity contribution in [2.24, 2.45) is 0 Å². The van der Waals surface area contributed by atoms with E-state index in [-0.39, 0.29) is 30.4 Å². The zero-order valence-corrected chi connectivity index (χ0v) is 14.7. The first-order valence-corrected chi connectivity index (χ1v) is 9.55. The van der Waals surface area contributed by atoms with E-state index in [4.69, 9.17) is 4.74 Å². The number of nitrogens with one attached hydrogen (secondary N) is 1. The molecule has 0 heterocycles. The van der Waals surface area contributed by atoms with Crippen LogP contribution in [-0.4, -0.2) is 27.2 Å². The molecule has 2 aromatic carbocycles. The summed E-state index contributed by atoms with van der Waals surface area (Å²) in [5.41, 5.74) is 1.18. The van der Waals surface area contributed by atoms with Crippen LogP contribution in [-0.2, 0) is 26.9 Å². The second-order valence-electron chi connectivity index (χ2n) is 5.56. The first-order valence-electron chi connectivity index (χ1n) is 7.73. The van der Waals surface area contributed by atoms with Crippen LogP contribution in [0.1, 0.15) is 17.5 Å². The Morgan fingerprint density at radius 1 is 1.16 bits per heavy atom. The lowest BCUT2D eigenvalue weighted by Gasteiger charge is -2.10. The van der Waals surface area contributed by atoms with E-state index in [1.54, 1.807) is 19.2 Å². The summed E-state index contributed by atoms with van der Waals surface area (Å²) in [7, 11) is -1.95. The van der Waals surface area contributed by atoms with Crippen molar-refractivity contribution < 1.29 is 22.3 Å². The largest absolute Gasteiger partial charge is 0.496 e. The number of benzene rings is 2. The highest BCUT2D eigenvalue weighted by atomic mass is 32.2. The Hall–Kier alpha value is -2.41. The predicted octanol–water partition coefficient (Wildman–Crippen LogP) is 2.46. The van der Waals surface area contributed by atoms with Crippen LogP contribution in [0.25, 0.3) is 0 Å². The van der Waals surface area contributed by atoms with Gasteiger partial charge in [0.05, 0.1) is 18.6 Å². The average Bonchev–Trinajstić information content (AvgIpc) is 2.58. The van der Waals surface area contributed by atoms with Gasteiger partial charge in [0.15, 0.2) is 9.84 Å². The number of rotatable bonds is 8. The molecular formula is C18H20FNO4S. The van der Waals surface area contributed by atoms with E-state index in [0.717, 1.165) is 5.56 Å². The number of carbonyl (C=O) groups excluding carboxylic acids is 1. The van der Waals surface area contributed by atoms with Gasteiger partial charge in [-0.1, -0.05) is 30.3 Å². The average molecular weight is 365 g/mol. The van der Waals surface area contributed by atoms with Gasteiger partial charge in [0.1, 0.15) is 11.6 Å². The van der Waals surface area contributed by atoms with Crippen molar-refractivity contribution in [2.45, 2.75) is 18.7 Å². The van der Waals surface area contributed by atoms with Crippen LogP contribution in [0.2, 0.25) is 0 Å². The summed E-state index contributed by atoms with van der Waals surface area (Å²) in [6.45, 7) is 0.257. The van der Waals surface area contributed by atoms with Crippen LogP contribution in [0.5, 0.6) is 5.75 Å². The summed E-state index contributed by atoms with van der Waals surface area (Å²) in [6, 6.07) is 12.7. The Labute approximate surface area is 146 Å². The first-order chi connectivity index (χ1) is 11.9. The molecular weight excluding hydrogens is 345 g/mol. The lowest BCUT2D eigenvalue weighted by molar-refractivity contribution is -0.120. The topological polar surface area (TPSA) is 72.5 Å². The van der Waals surface area contributed by atoms with Crippen molar-refractivity contribution >= 4 is 15.7 Å². The fraction of sp³-hybridized carbons (Fsp3) is 0.278. The molecule has 1 amide bonds. The monoisotopic (exact) mass is 365 g/mol. The molecule has 0 radical (unpaired) electrons. The van der Waals surface area contributed by atoms with Gasteiger partial charge in [0, 0.05) is 18.5 Å². The van der Waals surface area contributed by atoms with E-state index in [1.807, 2.05) is 18.2 Å². The predicted molar refractivity (Wildman–Crippen MR) is 93.3 cm³/mol. The molecule has 0 saturated heterocycles. The third-order valence-corrected chi connectivity index (χ3v) is 5.18. The molecule has 5 nitrogen and oxygen atoms in total. The van der Waals surface area contributed by atoms with Gasteiger partial charge in [0.2, 0.25) is 5.91 Å². The SMILES string of the molecule is COc1ccccc1CNC(=O)CCS(=O)(=O)Cc1cccc(F)c1. The van der Waals surface area contributed by atoms with Crippen molar-refractivity contribution in [3.8, 4) is 5.75 Å². The van der Waals surface area contributed by atoms with Gasteiger partial charge in [-0.25, -0.2) is 12.8 Å². The van der Waals surface area contributed by atoms with Crippen molar-refractivity contribution in [1.29, 1.82) is 0 Å². The number of para-hydroxylation sites is 1. The van der Waals surface area contributed by atoms with Crippen molar-refractivity contribution in [3.63, 3.8) is 0 Å². The van der Waals surface area contributed by atoms with E-state index < -0.39 is 15.7 Å². The molecule has 0 fully saturated rings. The number of carbonyl (C=O) groups is 1. The molecule has 25 heavy (non-hydrogen) atoms. The second-order valence-corrected chi connectivity index (χ2v) is 7.74. The molecule has 0 aromatic heterocycles. The van der Waals surface area contributed by atoms with Gasteiger partial charge >= 0.3 is 0 Å². The molecule has 1 N–H and O–H groups in total. The molecule has 0 aliphatic heterocycles. The Morgan fingerprint density at radius 3 is 2.64 bits per heavy atom. The van der Waals surface area contributed by atoms with E-state index in [1.165, 1.54) is 18.2 Å². The quantitative estimate of drug-likeness (QED) is 0.780. The normalized spacial score (nSPS) is 11.1. The molecule has 0 saturated carbocycles. The molecule has 0 atom stereocenters. The number of ether oxygens (including phenoxy) is 1. The molecule has 2 rings (SSSR count). The van der Waals surface area contributed by atoms with Crippen LogP contribution in [0, 0.1) is 5.82 Å². The van der Waals surface area contributed by atoms with E-state index in [0.29, 0.717) is 11.3 Å². The zero-order chi connectivity index (χ0) is 18.3. The smallest absolute Gasteiger partial charge is 0.221 e. The van der Waals surface area contributed by atoms with Crippen LogP contribution >= 0.6 is 0 Å². The summed E-state index contributed by atoms with van der Waals surface area (Å²) >= 11 is 0. The summed E-state index contributed by atoms with van der Waals surface area (Å²) in [5.74, 6) is -0.774. The summed E-state index contributed by atoms with van der Waals surface area (Å²) in [6.07, 6.45) is -0.146. The number of hydrogen-bond acceptors (Lipinski definition) is 4. The van der Waals surface area contributed by atoms with E-state index in [2.05, 4.69) is 5.32 Å². The molecule has 134 valence electrons. The number of hydrogen-bond donors (Lipinski definition) is 1. The minimum atomic E-state index is -3.49. The third kappa shape index (κ3) is 6.19. The van der Waals surface area contributed by atoms with Gasteiger partial charge in [-0.15, -0.1) is 0 Å².